The van der Waals surface area contributed by atoms with Gasteiger partial charge in [-0.05, 0) is 43.5 Å². The standard InChI is InChI=1S/C19H21N3O2/c1-14-12-18(22-10-3-4-11-22)21-17(20-14)9-8-15-6-5-7-16(13-15)19(23)24-2/h5-9,12-13H,3-4,10-11H2,1-2H3/b9-8+. The van der Waals surface area contributed by atoms with Crippen LogP contribution in [0.25, 0.3) is 12.2 Å². The molecule has 0 spiro atoms. The summed E-state index contributed by atoms with van der Waals surface area (Å²) >= 11 is 0. The lowest BCUT2D eigenvalue weighted by molar-refractivity contribution is 0.0600. The number of aryl methyl sites for hydroxylation is 1. The van der Waals surface area contributed by atoms with E-state index < -0.39 is 0 Å². The van der Waals surface area contributed by atoms with Gasteiger partial charge < -0.3 is 9.64 Å². The van der Waals surface area contributed by atoms with Gasteiger partial charge in [-0.25, -0.2) is 14.8 Å². The summed E-state index contributed by atoms with van der Waals surface area (Å²) in [7, 11) is 1.38. The molecule has 124 valence electrons. The van der Waals surface area contributed by atoms with Gasteiger partial charge in [0.15, 0.2) is 5.82 Å². The zero-order chi connectivity index (χ0) is 16.9. The van der Waals surface area contributed by atoms with Crippen LogP contribution in [0.15, 0.2) is 30.3 Å². The van der Waals surface area contributed by atoms with Gasteiger partial charge in [-0.1, -0.05) is 18.2 Å². The minimum Gasteiger partial charge on any atom is -0.465 e. The molecule has 2 aromatic rings. The Kier molecular flexibility index (Phi) is 4.89. The van der Waals surface area contributed by atoms with Crippen molar-refractivity contribution >= 4 is 23.9 Å². The fourth-order valence-electron chi connectivity index (χ4n) is 2.82. The van der Waals surface area contributed by atoms with E-state index in [9.17, 15) is 4.79 Å². The van der Waals surface area contributed by atoms with Crippen LogP contribution in [0.2, 0.25) is 0 Å². The first-order valence-electron chi connectivity index (χ1n) is 8.13. The first kappa shape index (κ1) is 16.2. The number of ether oxygens (including phenoxy) is 1. The molecule has 0 unspecified atom stereocenters. The first-order chi connectivity index (χ1) is 11.7. The Morgan fingerprint density at radius 3 is 2.71 bits per heavy atom. The number of carbonyl (C=O) groups excluding carboxylic acids is 1. The number of esters is 1. The van der Waals surface area contributed by atoms with Crippen molar-refractivity contribution in [3.8, 4) is 0 Å². The van der Waals surface area contributed by atoms with Crippen LogP contribution >= 0.6 is 0 Å². The molecule has 0 N–H and O–H groups in total. The normalized spacial score (nSPS) is 14.3. The Labute approximate surface area is 142 Å². The summed E-state index contributed by atoms with van der Waals surface area (Å²) in [5, 5.41) is 0. The second-order valence-electron chi connectivity index (χ2n) is 5.87. The lowest BCUT2D eigenvalue weighted by atomic mass is 10.1. The molecular formula is C19H21N3O2. The maximum Gasteiger partial charge on any atom is 0.337 e. The van der Waals surface area contributed by atoms with Crippen LogP contribution in [0, 0.1) is 6.92 Å². The van der Waals surface area contributed by atoms with Gasteiger partial charge in [0.1, 0.15) is 5.82 Å². The van der Waals surface area contributed by atoms with E-state index >= 15 is 0 Å². The van der Waals surface area contributed by atoms with Crippen molar-refractivity contribution in [1.82, 2.24) is 9.97 Å². The van der Waals surface area contributed by atoms with Crippen LogP contribution in [-0.2, 0) is 4.74 Å². The molecule has 0 radical (unpaired) electrons. The predicted molar refractivity (Wildman–Crippen MR) is 94.9 cm³/mol. The summed E-state index contributed by atoms with van der Waals surface area (Å²) in [6.45, 7) is 4.10. The highest BCUT2D eigenvalue weighted by atomic mass is 16.5. The number of hydrogen-bond donors (Lipinski definition) is 0. The fraction of sp³-hybridized carbons (Fsp3) is 0.316. The highest BCUT2D eigenvalue weighted by molar-refractivity contribution is 5.90. The molecule has 1 aromatic heterocycles. The van der Waals surface area contributed by atoms with Gasteiger partial charge >= 0.3 is 5.97 Å². The molecule has 1 fully saturated rings. The molecule has 3 rings (SSSR count). The lowest BCUT2D eigenvalue weighted by Crippen LogP contribution is -2.19. The molecule has 0 amide bonds. The lowest BCUT2D eigenvalue weighted by Gasteiger charge is -2.16. The summed E-state index contributed by atoms with van der Waals surface area (Å²) in [6.07, 6.45) is 6.22. The van der Waals surface area contributed by atoms with Crippen molar-refractivity contribution in [2.24, 2.45) is 0 Å². The minimum atomic E-state index is -0.339. The summed E-state index contributed by atoms with van der Waals surface area (Å²) in [6, 6.07) is 9.32. The van der Waals surface area contributed by atoms with Gasteiger partial charge in [0.05, 0.1) is 12.7 Å². The van der Waals surface area contributed by atoms with Crippen LogP contribution in [0.5, 0.6) is 0 Å². The van der Waals surface area contributed by atoms with E-state index in [-0.39, 0.29) is 5.97 Å². The third-order valence-corrected chi connectivity index (χ3v) is 4.02. The minimum absolute atomic E-state index is 0.339. The Morgan fingerprint density at radius 2 is 1.96 bits per heavy atom. The summed E-state index contributed by atoms with van der Waals surface area (Å²) < 4.78 is 4.75. The van der Waals surface area contributed by atoms with E-state index in [0.717, 1.165) is 30.2 Å². The first-order valence-corrected chi connectivity index (χ1v) is 8.13. The zero-order valence-corrected chi connectivity index (χ0v) is 14.0. The molecule has 1 aliphatic heterocycles. The molecule has 0 saturated carbocycles. The highest BCUT2D eigenvalue weighted by Crippen LogP contribution is 2.19. The second-order valence-corrected chi connectivity index (χ2v) is 5.87. The van der Waals surface area contributed by atoms with Gasteiger partial charge in [-0.15, -0.1) is 0 Å². The zero-order valence-electron chi connectivity index (χ0n) is 14.0. The summed E-state index contributed by atoms with van der Waals surface area (Å²) in [5.41, 5.74) is 2.39. The maximum atomic E-state index is 11.6. The van der Waals surface area contributed by atoms with Crippen LogP contribution in [0.4, 0.5) is 5.82 Å². The number of hydrogen-bond acceptors (Lipinski definition) is 5. The number of methoxy groups -OCH3 is 1. The van der Waals surface area contributed by atoms with E-state index in [4.69, 9.17) is 4.74 Å². The van der Waals surface area contributed by atoms with Crippen LogP contribution in [0.3, 0.4) is 0 Å². The predicted octanol–water partition coefficient (Wildman–Crippen LogP) is 3.34. The Morgan fingerprint density at radius 1 is 1.17 bits per heavy atom. The molecule has 0 bridgehead atoms. The largest absolute Gasteiger partial charge is 0.465 e. The molecule has 5 heteroatoms. The average Bonchev–Trinajstić information content (AvgIpc) is 3.14. The quantitative estimate of drug-likeness (QED) is 0.808. The summed E-state index contributed by atoms with van der Waals surface area (Å²) in [5.74, 6) is 1.33. The topological polar surface area (TPSA) is 55.3 Å². The molecule has 1 aromatic carbocycles. The average molecular weight is 323 g/mol. The number of aromatic nitrogens is 2. The van der Waals surface area contributed by atoms with Gasteiger partial charge in [-0.3, -0.25) is 0 Å². The molecule has 24 heavy (non-hydrogen) atoms. The van der Waals surface area contributed by atoms with Crippen LogP contribution in [-0.4, -0.2) is 36.1 Å². The van der Waals surface area contributed by atoms with E-state index in [1.807, 2.05) is 37.3 Å². The van der Waals surface area contributed by atoms with Crippen molar-refractivity contribution in [3.63, 3.8) is 0 Å². The van der Waals surface area contributed by atoms with Gasteiger partial charge in [-0.2, -0.15) is 0 Å². The van der Waals surface area contributed by atoms with Gasteiger partial charge in [0.25, 0.3) is 0 Å². The van der Waals surface area contributed by atoms with E-state index in [1.165, 1.54) is 20.0 Å². The van der Waals surface area contributed by atoms with E-state index in [2.05, 4.69) is 14.9 Å². The number of rotatable bonds is 4. The number of anilines is 1. The van der Waals surface area contributed by atoms with Crippen molar-refractivity contribution in [3.05, 3.63) is 53.0 Å². The third kappa shape index (κ3) is 3.79. The number of benzene rings is 1. The van der Waals surface area contributed by atoms with Gasteiger partial charge in [0, 0.05) is 24.8 Å². The monoisotopic (exact) mass is 323 g/mol. The Hall–Kier alpha value is -2.69. The van der Waals surface area contributed by atoms with Crippen molar-refractivity contribution in [2.45, 2.75) is 19.8 Å². The van der Waals surface area contributed by atoms with E-state index in [0.29, 0.717) is 11.4 Å². The van der Waals surface area contributed by atoms with Crippen LogP contribution in [0.1, 0.15) is 40.3 Å². The maximum absolute atomic E-state index is 11.6. The van der Waals surface area contributed by atoms with Crippen molar-refractivity contribution < 1.29 is 9.53 Å². The third-order valence-electron chi connectivity index (χ3n) is 4.02. The molecule has 2 heterocycles. The van der Waals surface area contributed by atoms with Crippen molar-refractivity contribution in [2.75, 3.05) is 25.1 Å². The molecule has 0 aliphatic carbocycles. The summed E-state index contributed by atoms with van der Waals surface area (Å²) in [4.78, 5) is 23.0. The van der Waals surface area contributed by atoms with Crippen LogP contribution < -0.4 is 4.90 Å². The Balaban J connectivity index is 1.82. The Bertz CT molecular complexity index is 765. The SMILES string of the molecule is COC(=O)c1cccc(/C=C/c2nc(C)cc(N3CCCC3)n2)c1. The number of carbonyl (C=O) groups is 1. The smallest absolute Gasteiger partial charge is 0.337 e. The molecule has 5 nitrogen and oxygen atoms in total. The highest BCUT2D eigenvalue weighted by Gasteiger charge is 2.14. The van der Waals surface area contributed by atoms with Crippen molar-refractivity contribution in [1.29, 1.82) is 0 Å². The molecular weight excluding hydrogens is 302 g/mol. The molecule has 0 atom stereocenters. The second kappa shape index (κ2) is 7.25. The molecule has 1 saturated heterocycles. The van der Waals surface area contributed by atoms with Gasteiger partial charge in [0.2, 0.25) is 0 Å². The van der Waals surface area contributed by atoms with E-state index in [1.54, 1.807) is 12.1 Å². The number of nitrogens with zero attached hydrogens (tertiary/aromatic N) is 3. The molecule has 1 aliphatic rings. The fourth-order valence-corrected chi connectivity index (χ4v) is 2.82.